The first kappa shape index (κ1) is 30.7. The van der Waals surface area contributed by atoms with Gasteiger partial charge in [-0.15, -0.1) is 45.3 Å². The molecule has 0 bridgehead atoms. The van der Waals surface area contributed by atoms with Crippen molar-refractivity contribution in [1.29, 1.82) is 10.5 Å². The molecule has 0 radical (unpaired) electrons. The fourth-order valence-electron chi connectivity index (χ4n) is 5.28. The number of likely N-dealkylation sites (N-methyl/N-ethyl adjacent to an activating group) is 2. The lowest BCUT2D eigenvalue weighted by Crippen LogP contribution is -2.29. The summed E-state index contributed by atoms with van der Waals surface area (Å²) in [6.07, 6.45) is 3.13. The SMILES string of the molecule is [C-]#[N+]C(=Cc1ccc(-c2ccc(C3=C4C(=O)N(CC)C(c5ccc(-c6ccc(C=C(C#N)C#N)s6)s5)=C4C(=O)N3CC)s2)s1)[N+]#[C-]. The molecule has 4 aromatic rings. The zero-order chi connectivity index (χ0) is 32.5. The molecule has 222 valence electrons. The molecule has 0 aliphatic carbocycles. The van der Waals surface area contributed by atoms with Crippen molar-refractivity contribution in [3.63, 3.8) is 0 Å². The molecule has 0 atom stereocenters. The lowest BCUT2D eigenvalue weighted by Gasteiger charge is -2.22. The lowest BCUT2D eigenvalue weighted by atomic mass is 10.1. The molecule has 0 N–H and O–H groups in total. The highest BCUT2D eigenvalue weighted by Gasteiger charge is 2.48. The maximum Gasteiger partial charge on any atom is 0.520 e. The van der Waals surface area contributed by atoms with Gasteiger partial charge in [-0.2, -0.15) is 20.2 Å². The van der Waals surface area contributed by atoms with Crippen molar-refractivity contribution < 1.29 is 9.59 Å². The molecule has 2 amide bonds. The zero-order valence-corrected chi connectivity index (χ0v) is 27.6. The molecular formula is C34H20N6O2S4. The fourth-order valence-corrected chi connectivity index (χ4v) is 9.49. The monoisotopic (exact) mass is 672 g/mol. The Morgan fingerprint density at radius 2 is 1.07 bits per heavy atom. The van der Waals surface area contributed by atoms with Crippen molar-refractivity contribution in [1.82, 2.24) is 9.80 Å². The lowest BCUT2D eigenvalue weighted by molar-refractivity contribution is -0.124. The van der Waals surface area contributed by atoms with Gasteiger partial charge >= 0.3 is 5.82 Å². The van der Waals surface area contributed by atoms with Gasteiger partial charge in [-0.25, -0.2) is 0 Å². The van der Waals surface area contributed by atoms with Crippen LogP contribution < -0.4 is 0 Å². The van der Waals surface area contributed by atoms with E-state index in [2.05, 4.69) is 9.69 Å². The van der Waals surface area contributed by atoms with Crippen LogP contribution in [0.1, 0.15) is 33.4 Å². The number of hydrogen-bond acceptors (Lipinski definition) is 8. The average molecular weight is 673 g/mol. The molecule has 2 aliphatic heterocycles. The van der Waals surface area contributed by atoms with Crippen LogP contribution in [0.4, 0.5) is 0 Å². The first-order valence-electron chi connectivity index (χ1n) is 13.9. The Hall–Kier alpha value is -5.34. The molecule has 6 heterocycles. The summed E-state index contributed by atoms with van der Waals surface area (Å²) in [6, 6.07) is 19.2. The Balaban J connectivity index is 1.41. The number of fused-ring (bicyclic) bond motifs is 1. The van der Waals surface area contributed by atoms with E-state index in [1.165, 1.54) is 45.3 Å². The molecule has 12 heteroatoms. The predicted molar refractivity (Wildman–Crippen MR) is 184 cm³/mol. The Morgan fingerprint density at radius 1 is 0.674 bits per heavy atom. The van der Waals surface area contributed by atoms with Crippen molar-refractivity contribution in [3.8, 4) is 31.6 Å². The molecule has 0 fully saturated rings. The second-order valence-corrected chi connectivity index (χ2v) is 14.2. The number of thiophene rings is 4. The van der Waals surface area contributed by atoms with E-state index < -0.39 is 0 Å². The third-order valence-corrected chi connectivity index (χ3v) is 11.9. The topological polar surface area (TPSA) is 96.9 Å². The average Bonchev–Trinajstić information content (AvgIpc) is 3.91. The van der Waals surface area contributed by atoms with Crippen LogP contribution in [0.5, 0.6) is 0 Å². The van der Waals surface area contributed by atoms with Crippen LogP contribution >= 0.6 is 45.3 Å². The Labute approximate surface area is 281 Å². The standard InChI is InChI=1S/C34H20N6O2S4/c1-5-39-31(26-13-11-24(45-26)22-9-7-20(43-22)15-19(17-35)18-36)29-30(34(39)42)32(40(6-2)33(29)41)27-14-12-25(46-27)23-10-8-21(44-23)16-28(37-3)38-4/h7-16H,5-6H2,1-2H3. The number of carbonyl (C=O) groups is 2. The van der Waals surface area contributed by atoms with Gasteiger partial charge < -0.3 is 9.80 Å². The first-order valence-corrected chi connectivity index (χ1v) is 17.1. The summed E-state index contributed by atoms with van der Waals surface area (Å²) in [6.45, 7) is 18.9. The highest BCUT2D eigenvalue weighted by Crippen LogP contribution is 2.50. The summed E-state index contributed by atoms with van der Waals surface area (Å²) < 4.78 is 0. The van der Waals surface area contributed by atoms with Gasteiger partial charge in [-0.3, -0.25) is 9.59 Å². The van der Waals surface area contributed by atoms with Crippen LogP contribution in [0, 0.1) is 35.8 Å². The van der Waals surface area contributed by atoms with Crippen LogP contribution in [-0.4, -0.2) is 34.7 Å². The summed E-state index contributed by atoms with van der Waals surface area (Å²) in [4.78, 5) is 44.9. The van der Waals surface area contributed by atoms with Gasteiger partial charge in [0, 0.05) is 48.4 Å². The maximum atomic E-state index is 14.0. The largest absolute Gasteiger partial charge is 0.520 e. The normalized spacial score (nSPS) is 13.8. The second kappa shape index (κ2) is 12.6. The van der Waals surface area contributed by atoms with Crippen LogP contribution in [-0.2, 0) is 9.59 Å². The molecule has 6 rings (SSSR count). The number of allylic oxidation sites excluding steroid dienone is 1. The Bertz CT molecular complexity index is 2050. The van der Waals surface area contributed by atoms with Crippen molar-refractivity contribution in [2.75, 3.05) is 13.1 Å². The molecule has 0 spiro atoms. The quantitative estimate of drug-likeness (QED) is 0.138. The molecular weight excluding hydrogens is 653 g/mol. The van der Waals surface area contributed by atoms with E-state index in [-0.39, 0.29) is 23.2 Å². The van der Waals surface area contributed by atoms with E-state index in [1.807, 2.05) is 74.5 Å². The Morgan fingerprint density at radius 3 is 1.48 bits per heavy atom. The highest BCUT2D eigenvalue weighted by atomic mass is 32.1. The molecule has 8 nitrogen and oxygen atoms in total. The van der Waals surface area contributed by atoms with Gasteiger partial charge in [0.05, 0.1) is 32.3 Å². The van der Waals surface area contributed by atoms with Gasteiger partial charge in [0.1, 0.15) is 30.9 Å². The van der Waals surface area contributed by atoms with E-state index in [1.54, 1.807) is 22.0 Å². The van der Waals surface area contributed by atoms with Gasteiger partial charge in [0.15, 0.2) is 0 Å². The summed E-state index contributed by atoms with van der Waals surface area (Å²) >= 11 is 5.93. The number of nitrogens with zero attached hydrogens (tertiary/aromatic N) is 6. The van der Waals surface area contributed by atoms with E-state index >= 15 is 0 Å². The molecule has 4 aromatic heterocycles. The number of carbonyl (C=O) groups excluding carboxylic acids is 2. The highest BCUT2D eigenvalue weighted by molar-refractivity contribution is 7.23. The molecule has 0 saturated carbocycles. The van der Waals surface area contributed by atoms with Gasteiger partial charge in [-0.05, 0) is 68.5 Å². The summed E-state index contributed by atoms with van der Waals surface area (Å²) in [5.74, 6) is -0.393. The minimum atomic E-state index is -0.199. The van der Waals surface area contributed by atoms with E-state index in [9.17, 15) is 9.59 Å². The van der Waals surface area contributed by atoms with Crippen LogP contribution in [0.2, 0.25) is 0 Å². The summed E-state index contributed by atoms with van der Waals surface area (Å²) in [7, 11) is 0. The fraction of sp³-hybridized carbons (Fsp3) is 0.118. The third kappa shape index (κ3) is 5.20. The number of nitriles is 2. The van der Waals surface area contributed by atoms with Crippen LogP contribution in [0.25, 0.3) is 52.7 Å². The number of rotatable bonds is 8. The van der Waals surface area contributed by atoms with Crippen molar-refractivity contribution in [3.05, 3.63) is 113 Å². The van der Waals surface area contributed by atoms with E-state index in [0.29, 0.717) is 35.6 Å². The maximum absolute atomic E-state index is 14.0. The third-order valence-electron chi connectivity index (χ3n) is 7.26. The molecule has 2 aliphatic rings. The van der Waals surface area contributed by atoms with Crippen molar-refractivity contribution in [2.24, 2.45) is 0 Å². The molecule has 0 aromatic carbocycles. The first-order chi connectivity index (χ1) is 22.3. The number of amides is 2. The predicted octanol–water partition coefficient (Wildman–Crippen LogP) is 8.68. The second-order valence-electron chi connectivity index (χ2n) is 9.79. The van der Waals surface area contributed by atoms with Crippen molar-refractivity contribution >= 4 is 80.7 Å². The van der Waals surface area contributed by atoms with Crippen LogP contribution in [0.15, 0.2) is 71.1 Å². The van der Waals surface area contributed by atoms with E-state index in [0.717, 1.165) is 39.0 Å². The minimum absolute atomic E-state index is 0.00516. The van der Waals surface area contributed by atoms with Gasteiger partial charge in [-0.1, -0.05) is 0 Å². The van der Waals surface area contributed by atoms with E-state index in [4.69, 9.17) is 23.7 Å². The minimum Gasteiger partial charge on any atom is -0.306 e. The molecule has 0 saturated heterocycles. The van der Waals surface area contributed by atoms with Gasteiger partial charge in [0.25, 0.3) is 11.8 Å². The zero-order valence-electron chi connectivity index (χ0n) is 24.3. The van der Waals surface area contributed by atoms with Crippen LogP contribution in [0.3, 0.4) is 0 Å². The summed E-state index contributed by atoms with van der Waals surface area (Å²) in [5, 5.41) is 18.2. The van der Waals surface area contributed by atoms with Gasteiger partial charge in [0.2, 0.25) is 0 Å². The smallest absolute Gasteiger partial charge is 0.306 e. The van der Waals surface area contributed by atoms with Crippen molar-refractivity contribution in [2.45, 2.75) is 13.8 Å². The molecule has 46 heavy (non-hydrogen) atoms. The Kier molecular flexibility index (Phi) is 8.39. The number of hydrogen-bond donors (Lipinski definition) is 0. The molecule has 0 unspecified atom stereocenters. The summed E-state index contributed by atoms with van der Waals surface area (Å²) in [5.41, 5.74) is 2.11.